The fraction of sp³-hybridized carbons (Fsp3) is 0.0870. The highest BCUT2D eigenvalue weighted by Crippen LogP contribution is 2.31. The summed E-state index contributed by atoms with van der Waals surface area (Å²) in [6, 6.07) is 17.0. The van der Waals surface area contributed by atoms with Crippen molar-refractivity contribution >= 4 is 40.7 Å². The van der Waals surface area contributed by atoms with Crippen LogP contribution in [0.15, 0.2) is 60.7 Å². The van der Waals surface area contributed by atoms with Crippen molar-refractivity contribution in [1.82, 2.24) is 0 Å². The molecule has 1 N–H and O–H groups in total. The molecule has 1 heterocycles. The van der Waals surface area contributed by atoms with Gasteiger partial charge in [0, 0.05) is 16.3 Å². The van der Waals surface area contributed by atoms with Crippen LogP contribution in [0.1, 0.15) is 42.2 Å². The Morgan fingerprint density at radius 2 is 1.62 bits per heavy atom. The van der Waals surface area contributed by atoms with E-state index in [0.717, 1.165) is 16.0 Å². The number of anilines is 2. The summed E-state index contributed by atoms with van der Waals surface area (Å²) in [6.45, 7) is 3.65. The molecule has 0 spiro atoms. The minimum Gasteiger partial charge on any atom is -0.322 e. The van der Waals surface area contributed by atoms with Crippen molar-refractivity contribution in [2.24, 2.45) is 0 Å². The number of nitrogens with one attached hydrogen (secondary N) is 1. The molecule has 3 amide bonds. The molecule has 0 bridgehead atoms. The van der Waals surface area contributed by atoms with Crippen LogP contribution in [0.5, 0.6) is 0 Å². The second-order valence-corrected chi connectivity index (χ2v) is 7.27. The number of para-hydroxylation sites is 1. The molecule has 0 aliphatic carbocycles. The first-order chi connectivity index (χ1) is 13.9. The lowest BCUT2D eigenvalue weighted by Gasteiger charge is -2.16. The van der Waals surface area contributed by atoms with E-state index in [-0.39, 0.29) is 22.6 Å². The molecule has 0 fully saturated rings. The standard InChI is InChI=1S/C23H17ClN2O3/c1-13-6-3-4-9-20(13)26-22(28)16-11-10-15(12-17(16)23(26)29)21(27)25-19-8-5-7-18(24)14(19)2/h3-12H,1-2H3,(H,25,27). The van der Waals surface area contributed by atoms with Gasteiger partial charge in [-0.15, -0.1) is 0 Å². The van der Waals surface area contributed by atoms with Gasteiger partial charge in [-0.1, -0.05) is 35.9 Å². The van der Waals surface area contributed by atoms with Crippen LogP contribution >= 0.6 is 11.6 Å². The zero-order valence-corrected chi connectivity index (χ0v) is 16.6. The van der Waals surface area contributed by atoms with Gasteiger partial charge in [-0.25, -0.2) is 4.90 Å². The highest BCUT2D eigenvalue weighted by molar-refractivity contribution is 6.35. The highest BCUT2D eigenvalue weighted by atomic mass is 35.5. The van der Waals surface area contributed by atoms with Crippen LogP contribution in [-0.2, 0) is 0 Å². The molecule has 0 atom stereocenters. The van der Waals surface area contributed by atoms with E-state index in [1.165, 1.54) is 12.1 Å². The third kappa shape index (κ3) is 3.19. The Bertz CT molecular complexity index is 1190. The summed E-state index contributed by atoms with van der Waals surface area (Å²) in [4.78, 5) is 39.6. The molecule has 0 saturated heterocycles. The van der Waals surface area contributed by atoms with Crippen molar-refractivity contribution in [3.05, 3.63) is 93.5 Å². The average Bonchev–Trinajstić information content (AvgIpc) is 2.96. The van der Waals surface area contributed by atoms with Crippen molar-refractivity contribution in [2.75, 3.05) is 10.2 Å². The third-order valence-corrected chi connectivity index (χ3v) is 5.43. The Morgan fingerprint density at radius 3 is 2.38 bits per heavy atom. The zero-order valence-electron chi connectivity index (χ0n) is 15.8. The van der Waals surface area contributed by atoms with Gasteiger partial charge in [0.1, 0.15) is 0 Å². The molecule has 1 aliphatic heterocycles. The van der Waals surface area contributed by atoms with Crippen LogP contribution in [0.4, 0.5) is 11.4 Å². The molecule has 4 rings (SSSR count). The summed E-state index contributed by atoms with van der Waals surface area (Å²) < 4.78 is 0. The quantitative estimate of drug-likeness (QED) is 0.624. The Kier molecular flexibility index (Phi) is 4.68. The monoisotopic (exact) mass is 404 g/mol. The molecular weight excluding hydrogens is 388 g/mol. The van der Waals surface area contributed by atoms with E-state index in [0.29, 0.717) is 16.4 Å². The first-order valence-corrected chi connectivity index (χ1v) is 9.41. The number of halogens is 1. The minimum atomic E-state index is -0.437. The van der Waals surface area contributed by atoms with E-state index in [1.807, 2.05) is 26.0 Å². The fourth-order valence-electron chi connectivity index (χ4n) is 3.35. The van der Waals surface area contributed by atoms with Gasteiger partial charge in [-0.05, 0) is 61.4 Å². The normalized spacial score (nSPS) is 12.9. The van der Waals surface area contributed by atoms with E-state index >= 15 is 0 Å². The number of hydrogen-bond acceptors (Lipinski definition) is 3. The number of imide groups is 1. The van der Waals surface area contributed by atoms with E-state index in [9.17, 15) is 14.4 Å². The zero-order chi connectivity index (χ0) is 20.7. The molecular formula is C23H17ClN2O3. The summed E-state index contributed by atoms with van der Waals surface area (Å²) in [5.74, 6) is -1.21. The number of rotatable bonds is 3. The van der Waals surface area contributed by atoms with Crippen LogP contribution in [0.25, 0.3) is 0 Å². The number of benzene rings is 3. The summed E-state index contributed by atoms with van der Waals surface area (Å²) >= 11 is 6.10. The van der Waals surface area contributed by atoms with E-state index in [4.69, 9.17) is 11.6 Å². The smallest absolute Gasteiger partial charge is 0.266 e. The van der Waals surface area contributed by atoms with Gasteiger partial charge in [0.2, 0.25) is 0 Å². The molecule has 144 valence electrons. The van der Waals surface area contributed by atoms with Crippen LogP contribution in [-0.4, -0.2) is 17.7 Å². The first-order valence-electron chi connectivity index (χ1n) is 9.03. The molecule has 1 aliphatic rings. The molecule has 5 nitrogen and oxygen atoms in total. The number of nitrogens with zero attached hydrogens (tertiary/aromatic N) is 1. The lowest BCUT2D eigenvalue weighted by molar-refractivity contribution is 0.0925. The van der Waals surface area contributed by atoms with Gasteiger partial charge >= 0.3 is 0 Å². The highest BCUT2D eigenvalue weighted by Gasteiger charge is 2.37. The topological polar surface area (TPSA) is 66.5 Å². The van der Waals surface area contributed by atoms with E-state index in [2.05, 4.69) is 5.32 Å². The third-order valence-electron chi connectivity index (χ3n) is 5.02. The number of carbonyl (C=O) groups is 3. The molecule has 3 aromatic rings. The van der Waals surface area contributed by atoms with Crippen molar-refractivity contribution < 1.29 is 14.4 Å². The van der Waals surface area contributed by atoms with Crippen LogP contribution in [0, 0.1) is 13.8 Å². The number of hydrogen-bond donors (Lipinski definition) is 1. The Morgan fingerprint density at radius 1 is 0.897 bits per heavy atom. The minimum absolute atomic E-state index is 0.216. The van der Waals surface area contributed by atoms with Crippen molar-refractivity contribution in [3.63, 3.8) is 0 Å². The number of aryl methyl sites for hydroxylation is 1. The molecule has 0 radical (unpaired) electrons. The second kappa shape index (κ2) is 7.18. The maximum atomic E-state index is 12.9. The Balaban J connectivity index is 1.66. The summed E-state index contributed by atoms with van der Waals surface area (Å²) in [6.07, 6.45) is 0. The largest absolute Gasteiger partial charge is 0.322 e. The second-order valence-electron chi connectivity index (χ2n) is 6.86. The lowest BCUT2D eigenvalue weighted by Crippen LogP contribution is -2.29. The van der Waals surface area contributed by atoms with Crippen molar-refractivity contribution in [3.8, 4) is 0 Å². The Labute approximate surface area is 172 Å². The maximum Gasteiger partial charge on any atom is 0.266 e. The number of fused-ring (bicyclic) bond motifs is 1. The predicted octanol–water partition coefficient (Wildman–Crippen LogP) is 5.01. The lowest BCUT2D eigenvalue weighted by atomic mass is 10.0. The molecule has 0 saturated carbocycles. The van der Waals surface area contributed by atoms with Crippen molar-refractivity contribution in [1.29, 1.82) is 0 Å². The van der Waals surface area contributed by atoms with Crippen LogP contribution in [0.2, 0.25) is 5.02 Å². The molecule has 29 heavy (non-hydrogen) atoms. The van der Waals surface area contributed by atoms with Crippen molar-refractivity contribution in [2.45, 2.75) is 13.8 Å². The fourth-order valence-corrected chi connectivity index (χ4v) is 3.53. The van der Waals surface area contributed by atoms with Gasteiger partial charge in [0.05, 0.1) is 16.8 Å². The summed E-state index contributed by atoms with van der Waals surface area (Å²) in [5, 5.41) is 3.35. The predicted molar refractivity (Wildman–Crippen MR) is 113 cm³/mol. The SMILES string of the molecule is Cc1ccccc1N1C(=O)c2ccc(C(=O)Nc3cccc(Cl)c3C)cc2C1=O. The molecule has 6 heteroatoms. The average molecular weight is 405 g/mol. The number of amides is 3. The number of carbonyl (C=O) groups excluding carboxylic acids is 3. The van der Waals surface area contributed by atoms with Crippen LogP contribution < -0.4 is 10.2 Å². The molecule has 0 unspecified atom stereocenters. The van der Waals surface area contributed by atoms with Gasteiger partial charge in [-0.2, -0.15) is 0 Å². The Hall–Kier alpha value is -3.44. The maximum absolute atomic E-state index is 12.9. The van der Waals surface area contributed by atoms with Gasteiger partial charge in [0.15, 0.2) is 0 Å². The first kappa shape index (κ1) is 18.9. The van der Waals surface area contributed by atoms with Gasteiger partial charge < -0.3 is 5.32 Å². The van der Waals surface area contributed by atoms with Crippen LogP contribution in [0.3, 0.4) is 0 Å². The van der Waals surface area contributed by atoms with E-state index in [1.54, 1.807) is 36.4 Å². The van der Waals surface area contributed by atoms with Gasteiger partial charge in [-0.3, -0.25) is 14.4 Å². The summed E-state index contributed by atoms with van der Waals surface area (Å²) in [7, 11) is 0. The molecule has 0 aromatic heterocycles. The molecule has 3 aromatic carbocycles. The van der Waals surface area contributed by atoms with Gasteiger partial charge in [0.25, 0.3) is 17.7 Å². The van der Waals surface area contributed by atoms with E-state index < -0.39 is 11.8 Å². The summed E-state index contributed by atoms with van der Waals surface area (Å²) in [5.41, 5.74) is 3.49.